The van der Waals surface area contributed by atoms with E-state index in [0.717, 1.165) is 18.5 Å². The number of carbonyl (C=O) groups is 1. The van der Waals surface area contributed by atoms with Crippen LogP contribution < -0.4 is 0 Å². The maximum absolute atomic E-state index is 14.4. The minimum atomic E-state index is -0.631. The lowest BCUT2D eigenvalue weighted by atomic mass is 9.93. The predicted molar refractivity (Wildman–Crippen MR) is 119 cm³/mol. The number of hydrogen-bond acceptors (Lipinski definition) is 7. The second-order valence-electron chi connectivity index (χ2n) is 8.88. The van der Waals surface area contributed by atoms with Gasteiger partial charge in [-0.15, -0.1) is 10.2 Å². The average molecular weight is 473 g/mol. The number of fused-ring (bicyclic) bond motifs is 2. The zero-order chi connectivity index (χ0) is 23.5. The zero-order valence-corrected chi connectivity index (χ0v) is 18.5. The largest absolute Gasteiger partial charge is 0.412 e. The number of pyridine rings is 1. The van der Waals surface area contributed by atoms with Crippen molar-refractivity contribution < 1.29 is 13.6 Å². The van der Waals surface area contributed by atoms with E-state index in [1.54, 1.807) is 35.8 Å². The summed E-state index contributed by atoms with van der Waals surface area (Å²) in [5.74, 6) is -0.726. The van der Waals surface area contributed by atoms with Gasteiger partial charge in [0.2, 0.25) is 0 Å². The molecule has 0 spiro atoms. The number of H-pyrrole nitrogens is 1. The molecule has 0 bridgehead atoms. The lowest BCUT2D eigenvalue weighted by molar-refractivity contribution is 0.0646. The van der Waals surface area contributed by atoms with Gasteiger partial charge in [0.25, 0.3) is 5.89 Å². The summed E-state index contributed by atoms with van der Waals surface area (Å²) in [6.45, 7) is 0.381. The Morgan fingerprint density at radius 3 is 3.00 bits per heavy atom. The van der Waals surface area contributed by atoms with Gasteiger partial charge in [-0.05, 0) is 37.5 Å². The van der Waals surface area contributed by atoms with Crippen LogP contribution >= 0.6 is 0 Å². The predicted octanol–water partition coefficient (Wildman–Crippen LogP) is 2.96. The molecule has 1 saturated carbocycles. The van der Waals surface area contributed by atoms with Crippen LogP contribution in [0.15, 0.2) is 47.5 Å². The lowest BCUT2D eigenvalue weighted by Gasteiger charge is -2.32. The van der Waals surface area contributed by atoms with E-state index in [0.29, 0.717) is 41.5 Å². The number of carbonyl (C=O) groups excluding carboxylic acids is 1. The smallest absolute Gasteiger partial charge is 0.312 e. The molecular weight excluding hydrogens is 453 g/mol. The number of nitrogens with zero attached hydrogens (tertiary/aromatic N) is 8. The number of aromatic amines is 1. The number of nitrogens with one attached hydrogen (secondary N) is 1. The van der Waals surface area contributed by atoms with Gasteiger partial charge in [-0.1, -0.05) is 0 Å². The minimum absolute atomic E-state index is 0.129. The van der Waals surface area contributed by atoms with Crippen molar-refractivity contribution in [3.63, 3.8) is 0 Å². The highest BCUT2D eigenvalue weighted by Crippen LogP contribution is 2.35. The van der Waals surface area contributed by atoms with Crippen LogP contribution in [-0.2, 0) is 6.42 Å². The third kappa shape index (κ3) is 3.16. The molecule has 12 heteroatoms. The Morgan fingerprint density at radius 1 is 1.26 bits per heavy atom. The van der Waals surface area contributed by atoms with Crippen molar-refractivity contribution in [2.45, 2.75) is 37.8 Å². The number of imidazole rings is 1. The van der Waals surface area contributed by atoms with Crippen LogP contribution in [0.25, 0.3) is 17.0 Å². The Balaban J connectivity index is 1.23. The van der Waals surface area contributed by atoms with Crippen LogP contribution in [0.2, 0.25) is 0 Å². The van der Waals surface area contributed by atoms with Gasteiger partial charge in [-0.25, -0.2) is 13.9 Å². The molecule has 35 heavy (non-hydrogen) atoms. The van der Waals surface area contributed by atoms with Crippen molar-refractivity contribution in [1.29, 1.82) is 0 Å². The molecule has 1 N–H and O–H groups in total. The van der Waals surface area contributed by atoms with Crippen LogP contribution in [0.1, 0.15) is 59.1 Å². The van der Waals surface area contributed by atoms with Crippen molar-refractivity contribution in [1.82, 2.24) is 44.5 Å². The molecule has 11 nitrogen and oxygen atoms in total. The molecule has 1 atom stereocenters. The molecule has 0 unspecified atom stereocenters. The quantitative estimate of drug-likeness (QED) is 0.426. The Hall–Kier alpha value is -4.35. The molecule has 1 amide bonds. The molecule has 6 heterocycles. The van der Waals surface area contributed by atoms with Gasteiger partial charge >= 0.3 is 11.8 Å². The van der Waals surface area contributed by atoms with Crippen LogP contribution in [0.5, 0.6) is 0 Å². The number of aromatic nitrogens is 8. The lowest BCUT2D eigenvalue weighted by Crippen LogP contribution is -2.41. The summed E-state index contributed by atoms with van der Waals surface area (Å²) in [4.78, 5) is 22.7. The summed E-state index contributed by atoms with van der Waals surface area (Å²) in [6.07, 6.45) is 10.8. The molecule has 1 aliphatic carbocycles. The highest BCUT2D eigenvalue weighted by Gasteiger charge is 2.38. The molecule has 5 aromatic rings. The molecular formula is C23H20FN9O2. The van der Waals surface area contributed by atoms with Crippen molar-refractivity contribution in [2.24, 2.45) is 0 Å². The van der Waals surface area contributed by atoms with Gasteiger partial charge in [-0.3, -0.25) is 9.48 Å². The SMILES string of the molecule is O=C(c1nnc(-c2cnn(C3CCC3)c2)o1)N1CCc2[nH]cnc2[C@@H]1c1cc2c(F)cccn2n1. The first-order chi connectivity index (χ1) is 17.2. The summed E-state index contributed by atoms with van der Waals surface area (Å²) in [6, 6.07) is 4.36. The molecule has 5 aromatic heterocycles. The van der Waals surface area contributed by atoms with Crippen LogP contribution in [-0.4, -0.2) is 56.9 Å². The first-order valence-electron chi connectivity index (χ1n) is 11.5. The fraction of sp³-hybridized carbons (Fsp3) is 0.304. The van der Waals surface area contributed by atoms with Crippen molar-refractivity contribution in [2.75, 3.05) is 6.54 Å². The fourth-order valence-electron chi connectivity index (χ4n) is 4.78. The Morgan fingerprint density at radius 2 is 2.17 bits per heavy atom. The fourth-order valence-corrected chi connectivity index (χ4v) is 4.78. The third-order valence-electron chi connectivity index (χ3n) is 6.84. The van der Waals surface area contributed by atoms with Gasteiger partial charge in [0, 0.05) is 31.1 Å². The van der Waals surface area contributed by atoms with E-state index in [2.05, 4.69) is 30.4 Å². The topological polar surface area (TPSA) is 123 Å². The van der Waals surface area contributed by atoms with Gasteiger partial charge in [-0.2, -0.15) is 10.2 Å². The van der Waals surface area contributed by atoms with Gasteiger partial charge in [0.15, 0.2) is 0 Å². The van der Waals surface area contributed by atoms with E-state index in [1.165, 1.54) is 17.0 Å². The zero-order valence-electron chi connectivity index (χ0n) is 18.5. The summed E-state index contributed by atoms with van der Waals surface area (Å²) >= 11 is 0. The number of amides is 1. The minimum Gasteiger partial charge on any atom is -0.412 e. The molecule has 7 rings (SSSR count). The highest BCUT2D eigenvalue weighted by molar-refractivity contribution is 5.90. The Bertz CT molecular complexity index is 1560. The van der Waals surface area contributed by atoms with E-state index < -0.39 is 17.8 Å². The van der Waals surface area contributed by atoms with Gasteiger partial charge in [0.05, 0.1) is 35.5 Å². The van der Waals surface area contributed by atoms with Crippen LogP contribution in [0.3, 0.4) is 0 Å². The molecule has 1 aliphatic heterocycles. The van der Waals surface area contributed by atoms with Gasteiger partial charge in [0.1, 0.15) is 17.4 Å². The first-order valence-corrected chi connectivity index (χ1v) is 11.5. The summed E-state index contributed by atoms with van der Waals surface area (Å²) in [5.41, 5.74) is 3.06. The summed E-state index contributed by atoms with van der Waals surface area (Å²) in [7, 11) is 0. The van der Waals surface area contributed by atoms with Crippen molar-refractivity contribution >= 4 is 11.4 Å². The second-order valence-corrected chi connectivity index (χ2v) is 8.88. The van der Waals surface area contributed by atoms with Crippen molar-refractivity contribution in [3.05, 3.63) is 71.9 Å². The van der Waals surface area contributed by atoms with Gasteiger partial charge < -0.3 is 14.3 Å². The third-order valence-corrected chi connectivity index (χ3v) is 6.84. The molecule has 0 saturated heterocycles. The molecule has 0 radical (unpaired) electrons. The van der Waals surface area contributed by atoms with E-state index in [4.69, 9.17) is 4.42 Å². The summed E-state index contributed by atoms with van der Waals surface area (Å²) < 4.78 is 23.5. The van der Waals surface area contributed by atoms with E-state index in [1.807, 2.05) is 10.9 Å². The summed E-state index contributed by atoms with van der Waals surface area (Å²) in [5, 5.41) is 17.1. The Kier molecular flexibility index (Phi) is 4.35. The first kappa shape index (κ1) is 20.1. The number of hydrogen-bond donors (Lipinski definition) is 1. The maximum atomic E-state index is 14.4. The monoisotopic (exact) mass is 473 g/mol. The number of halogens is 1. The average Bonchev–Trinajstić information content (AvgIpc) is 3.62. The molecule has 2 aliphatic rings. The van der Waals surface area contributed by atoms with E-state index in [9.17, 15) is 9.18 Å². The highest BCUT2D eigenvalue weighted by atomic mass is 19.1. The molecule has 176 valence electrons. The van der Waals surface area contributed by atoms with E-state index in [-0.39, 0.29) is 11.8 Å². The Labute approximate surface area is 197 Å². The van der Waals surface area contributed by atoms with E-state index >= 15 is 0 Å². The number of rotatable bonds is 4. The molecule has 1 fully saturated rings. The van der Waals surface area contributed by atoms with Crippen molar-refractivity contribution in [3.8, 4) is 11.5 Å². The maximum Gasteiger partial charge on any atom is 0.312 e. The van der Waals surface area contributed by atoms with Crippen LogP contribution in [0.4, 0.5) is 4.39 Å². The normalized spacial score (nSPS) is 18.1. The van der Waals surface area contributed by atoms with Crippen LogP contribution in [0, 0.1) is 5.82 Å². The molecule has 0 aromatic carbocycles. The standard InChI is InChI=1S/C23H20FN9O2/c24-15-5-2-7-32-18(15)9-17(30-32)20-19-16(25-12-26-19)6-8-31(20)23(34)22-29-28-21(35-22)13-10-27-33(11-13)14-3-1-4-14/h2,5,7,9-12,14,20H,1,3-4,6,8H2,(H,25,26)/t20-/m0/s1. The second kappa shape index (κ2) is 7.58.